The smallest absolute Gasteiger partial charge is 0.239 e. The van der Waals surface area contributed by atoms with Gasteiger partial charge >= 0.3 is 0 Å². The van der Waals surface area contributed by atoms with Crippen molar-refractivity contribution in [1.29, 1.82) is 0 Å². The summed E-state index contributed by atoms with van der Waals surface area (Å²) in [5, 5.41) is 1.05. The topological polar surface area (TPSA) is 62.5 Å². The third-order valence-corrected chi connectivity index (χ3v) is 5.78. The van der Waals surface area contributed by atoms with Crippen molar-refractivity contribution in [3.8, 4) is 0 Å². The number of nitrogens with zero attached hydrogens (tertiary/aromatic N) is 3. The van der Waals surface area contributed by atoms with Crippen molar-refractivity contribution in [2.24, 2.45) is 11.7 Å². The van der Waals surface area contributed by atoms with Crippen LogP contribution in [0.4, 0.5) is 5.13 Å². The van der Waals surface area contributed by atoms with E-state index in [-0.39, 0.29) is 30.3 Å². The van der Waals surface area contributed by atoms with Gasteiger partial charge in [0.2, 0.25) is 5.91 Å². The second-order valence-corrected chi connectivity index (χ2v) is 7.20. The predicted octanol–water partition coefficient (Wildman–Crippen LogP) is 2.74. The maximum Gasteiger partial charge on any atom is 0.239 e. The highest BCUT2D eigenvalue weighted by Gasteiger charge is 2.28. The second kappa shape index (κ2) is 8.14. The number of piperazine rings is 1. The molecule has 7 heteroatoms. The lowest BCUT2D eigenvalue weighted by Crippen LogP contribution is -2.54. The van der Waals surface area contributed by atoms with E-state index in [4.69, 9.17) is 10.7 Å². The number of para-hydroxylation sites is 1. The summed E-state index contributed by atoms with van der Waals surface area (Å²) in [7, 11) is 0. The van der Waals surface area contributed by atoms with E-state index in [2.05, 4.69) is 17.9 Å². The summed E-state index contributed by atoms with van der Waals surface area (Å²) in [6, 6.07) is 7.81. The van der Waals surface area contributed by atoms with Crippen molar-refractivity contribution >= 4 is 45.0 Å². The van der Waals surface area contributed by atoms with Crippen molar-refractivity contribution in [3.05, 3.63) is 24.3 Å². The van der Waals surface area contributed by atoms with Crippen molar-refractivity contribution in [2.75, 3.05) is 31.1 Å². The molecule has 1 saturated heterocycles. The molecule has 2 unspecified atom stereocenters. The lowest BCUT2D eigenvalue weighted by Gasteiger charge is -2.36. The first kappa shape index (κ1) is 19.0. The van der Waals surface area contributed by atoms with Gasteiger partial charge in [-0.2, -0.15) is 0 Å². The van der Waals surface area contributed by atoms with E-state index >= 15 is 0 Å². The molecule has 2 N–H and O–H groups in total. The molecule has 1 aliphatic heterocycles. The molecule has 132 valence electrons. The van der Waals surface area contributed by atoms with Crippen LogP contribution in [0.15, 0.2) is 24.3 Å². The lowest BCUT2D eigenvalue weighted by molar-refractivity contribution is -0.134. The zero-order valence-corrected chi connectivity index (χ0v) is 15.8. The molecule has 1 amide bonds. The maximum absolute atomic E-state index is 12.5. The molecule has 2 atom stereocenters. The highest BCUT2D eigenvalue weighted by molar-refractivity contribution is 7.22. The summed E-state index contributed by atoms with van der Waals surface area (Å²) in [4.78, 5) is 21.3. The first-order valence-electron chi connectivity index (χ1n) is 8.25. The number of amides is 1. The number of anilines is 1. The molecule has 0 spiro atoms. The number of hydrogen-bond donors (Lipinski definition) is 1. The van der Waals surface area contributed by atoms with Crippen molar-refractivity contribution < 1.29 is 4.79 Å². The fraction of sp³-hybridized carbons (Fsp3) is 0.529. The number of fused-ring (bicyclic) bond motifs is 1. The Hall–Kier alpha value is -1.37. The SMILES string of the molecule is CCC(C)C(N)C(=O)N1CCN(c2nc3ccccc3s2)CC1.Cl. The van der Waals surface area contributed by atoms with Gasteiger partial charge in [0, 0.05) is 26.2 Å². The average molecular weight is 369 g/mol. The highest BCUT2D eigenvalue weighted by Crippen LogP contribution is 2.29. The monoisotopic (exact) mass is 368 g/mol. The third kappa shape index (κ3) is 3.82. The quantitative estimate of drug-likeness (QED) is 0.901. The first-order valence-corrected chi connectivity index (χ1v) is 9.06. The van der Waals surface area contributed by atoms with Crippen molar-refractivity contribution in [3.63, 3.8) is 0 Å². The molecule has 3 rings (SSSR count). The Morgan fingerprint density at radius 2 is 1.96 bits per heavy atom. The van der Waals surface area contributed by atoms with Gasteiger partial charge in [-0.3, -0.25) is 4.79 Å². The molecule has 0 aliphatic carbocycles. The van der Waals surface area contributed by atoms with Gasteiger partial charge < -0.3 is 15.5 Å². The maximum atomic E-state index is 12.5. The molecule has 0 bridgehead atoms. The standard InChI is InChI=1S/C17H24N4OS.ClH/c1-3-12(2)15(18)16(22)20-8-10-21(11-9-20)17-19-13-6-4-5-7-14(13)23-17;/h4-7,12,15H,3,8-11,18H2,1-2H3;1H. The zero-order valence-electron chi connectivity index (χ0n) is 14.1. The van der Waals surface area contributed by atoms with Gasteiger partial charge in [-0.15, -0.1) is 12.4 Å². The molecule has 2 heterocycles. The van der Waals surface area contributed by atoms with Crippen LogP contribution in [-0.2, 0) is 4.79 Å². The van der Waals surface area contributed by atoms with Gasteiger partial charge in [0.25, 0.3) is 0 Å². The molecule has 1 fully saturated rings. The lowest BCUT2D eigenvalue weighted by atomic mass is 9.98. The predicted molar refractivity (Wildman–Crippen MR) is 103 cm³/mol. The second-order valence-electron chi connectivity index (χ2n) is 6.19. The number of halogens is 1. The molecule has 0 radical (unpaired) electrons. The highest BCUT2D eigenvalue weighted by atomic mass is 35.5. The normalized spacial score (nSPS) is 17.5. The number of carbonyl (C=O) groups is 1. The van der Waals surface area contributed by atoms with Gasteiger partial charge in [-0.25, -0.2) is 4.98 Å². The number of rotatable bonds is 4. The van der Waals surface area contributed by atoms with E-state index in [0.29, 0.717) is 0 Å². The Morgan fingerprint density at radius 1 is 1.29 bits per heavy atom. The largest absolute Gasteiger partial charge is 0.345 e. The summed E-state index contributed by atoms with van der Waals surface area (Å²) in [6.07, 6.45) is 0.929. The summed E-state index contributed by atoms with van der Waals surface area (Å²) >= 11 is 1.71. The summed E-state index contributed by atoms with van der Waals surface area (Å²) in [5.41, 5.74) is 7.13. The number of thiazole rings is 1. The van der Waals surface area contributed by atoms with Gasteiger partial charge in [0.05, 0.1) is 16.3 Å². The zero-order chi connectivity index (χ0) is 16.4. The molecule has 5 nitrogen and oxygen atoms in total. The molecule has 2 aromatic rings. The van der Waals surface area contributed by atoms with E-state index in [1.165, 1.54) is 4.70 Å². The van der Waals surface area contributed by atoms with E-state index in [1.807, 2.05) is 30.0 Å². The number of benzene rings is 1. The van der Waals surface area contributed by atoms with Gasteiger partial charge in [-0.05, 0) is 18.1 Å². The number of aromatic nitrogens is 1. The van der Waals surface area contributed by atoms with Crippen LogP contribution in [0.25, 0.3) is 10.2 Å². The molecule has 1 aromatic carbocycles. The van der Waals surface area contributed by atoms with E-state index in [0.717, 1.165) is 43.2 Å². The van der Waals surface area contributed by atoms with Crippen molar-refractivity contribution in [1.82, 2.24) is 9.88 Å². The number of hydrogen-bond acceptors (Lipinski definition) is 5. The van der Waals surface area contributed by atoms with Crippen LogP contribution < -0.4 is 10.6 Å². The van der Waals surface area contributed by atoms with Crippen LogP contribution in [0.3, 0.4) is 0 Å². The average Bonchev–Trinajstić information content (AvgIpc) is 3.04. The summed E-state index contributed by atoms with van der Waals surface area (Å²) in [5.74, 6) is 0.313. The molecule has 1 aromatic heterocycles. The van der Waals surface area contributed by atoms with Gasteiger partial charge in [0.15, 0.2) is 5.13 Å². The van der Waals surface area contributed by atoms with E-state index in [9.17, 15) is 4.79 Å². The van der Waals surface area contributed by atoms with Gasteiger partial charge in [-0.1, -0.05) is 43.7 Å². The van der Waals surface area contributed by atoms with Crippen LogP contribution in [0.5, 0.6) is 0 Å². The fourth-order valence-electron chi connectivity index (χ4n) is 2.82. The Balaban J connectivity index is 0.00000208. The Kier molecular flexibility index (Phi) is 6.43. The fourth-order valence-corrected chi connectivity index (χ4v) is 3.84. The van der Waals surface area contributed by atoms with E-state index < -0.39 is 0 Å². The van der Waals surface area contributed by atoms with Crippen LogP contribution in [-0.4, -0.2) is 48.0 Å². The molecule has 1 aliphatic rings. The minimum absolute atomic E-state index is 0. The molecule has 0 saturated carbocycles. The van der Waals surface area contributed by atoms with Crippen LogP contribution in [0.1, 0.15) is 20.3 Å². The van der Waals surface area contributed by atoms with Gasteiger partial charge in [0.1, 0.15) is 0 Å². The third-order valence-electron chi connectivity index (χ3n) is 4.69. The Morgan fingerprint density at radius 3 is 2.58 bits per heavy atom. The summed E-state index contributed by atoms with van der Waals surface area (Å²) in [6.45, 7) is 7.19. The number of nitrogens with two attached hydrogens (primary N) is 1. The first-order chi connectivity index (χ1) is 11.1. The Bertz CT molecular complexity index is 651. The van der Waals surface area contributed by atoms with Crippen molar-refractivity contribution in [2.45, 2.75) is 26.3 Å². The number of carbonyl (C=O) groups excluding carboxylic acids is 1. The minimum atomic E-state index is -0.381. The van der Waals surface area contributed by atoms with E-state index in [1.54, 1.807) is 11.3 Å². The minimum Gasteiger partial charge on any atom is -0.345 e. The molecular weight excluding hydrogens is 344 g/mol. The molecular formula is C17H25ClN4OS. The molecule has 24 heavy (non-hydrogen) atoms. The van der Waals surface area contributed by atoms with Crippen LogP contribution in [0, 0.1) is 5.92 Å². The summed E-state index contributed by atoms with van der Waals surface area (Å²) < 4.78 is 1.21. The van der Waals surface area contributed by atoms with Crippen LogP contribution in [0.2, 0.25) is 0 Å². The Labute approximate surface area is 153 Å². The van der Waals surface area contributed by atoms with Crippen LogP contribution >= 0.6 is 23.7 Å².